The minimum Gasteiger partial charge on any atom is -0.493 e. The molecule has 2 N–H and O–H groups in total. The maximum Gasteiger partial charge on any atom is 0.161 e. The molecule has 3 rings (SSSR count). The highest BCUT2D eigenvalue weighted by Crippen LogP contribution is 2.37. The molecule has 4 heteroatoms. The molecule has 1 unspecified atom stereocenters. The fourth-order valence-electron chi connectivity index (χ4n) is 3.54. The van der Waals surface area contributed by atoms with Crippen LogP contribution in [0.5, 0.6) is 11.5 Å². The molecule has 0 aliphatic heterocycles. The van der Waals surface area contributed by atoms with E-state index >= 15 is 0 Å². The molecule has 0 amide bonds. The van der Waals surface area contributed by atoms with Crippen LogP contribution in [0.15, 0.2) is 42.5 Å². The zero-order valence-corrected chi connectivity index (χ0v) is 15.2. The summed E-state index contributed by atoms with van der Waals surface area (Å²) in [5, 5.41) is 13.7. The SMILES string of the molecule is COc1cc(CNC2(CO)CCc3ccccc32)ccc1OC(C)C. The predicted molar refractivity (Wildman–Crippen MR) is 99.1 cm³/mol. The van der Waals surface area contributed by atoms with Gasteiger partial charge >= 0.3 is 0 Å². The lowest BCUT2D eigenvalue weighted by atomic mass is 9.92. The van der Waals surface area contributed by atoms with E-state index in [1.807, 2.05) is 38.1 Å². The summed E-state index contributed by atoms with van der Waals surface area (Å²) in [6.07, 6.45) is 2.01. The molecule has 0 saturated carbocycles. The van der Waals surface area contributed by atoms with E-state index in [9.17, 15) is 5.11 Å². The summed E-state index contributed by atoms with van der Waals surface area (Å²) in [7, 11) is 1.65. The molecule has 1 aliphatic carbocycles. The van der Waals surface area contributed by atoms with Gasteiger partial charge < -0.3 is 19.9 Å². The maximum atomic E-state index is 10.1. The van der Waals surface area contributed by atoms with Gasteiger partial charge in [0, 0.05) is 6.54 Å². The molecule has 0 fully saturated rings. The Morgan fingerprint density at radius 2 is 1.96 bits per heavy atom. The first-order valence-electron chi connectivity index (χ1n) is 8.86. The van der Waals surface area contributed by atoms with Crippen molar-refractivity contribution in [3.8, 4) is 11.5 Å². The second-order valence-electron chi connectivity index (χ2n) is 6.90. The fraction of sp³-hybridized carbons (Fsp3) is 0.429. The van der Waals surface area contributed by atoms with Crippen LogP contribution in [-0.4, -0.2) is 24.9 Å². The molecular weight excluding hydrogens is 314 g/mol. The lowest BCUT2D eigenvalue weighted by Gasteiger charge is -2.30. The number of rotatable bonds is 7. The fourth-order valence-corrected chi connectivity index (χ4v) is 3.54. The van der Waals surface area contributed by atoms with Crippen LogP contribution in [-0.2, 0) is 18.5 Å². The van der Waals surface area contributed by atoms with Crippen molar-refractivity contribution >= 4 is 0 Å². The molecular formula is C21H27NO3. The van der Waals surface area contributed by atoms with Crippen LogP contribution in [0.4, 0.5) is 0 Å². The van der Waals surface area contributed by atoms with Crippen LogP contribution in [0.25, 0.3) is 0 Å². The van der Waals surface area contributed by atoms with E-state index in [1.54, 1.807) is 7.11 Å². The van der Waals surface area contributed by atoms with E-state index in [2.05, 4.69) is 23.5 Å². The number of aliphatic hydroxyl groups excluding tert-OH is 1. The first kappa shape index (κ1) is 17.8. The second kappa shape index (κ2) is 7.46. The van der Waals surface area contributed by atoms with E-state index < -0.39 is 0 Å². The number of nitrogens with one attached hydrogen (secondary N) is 1. The van der Waals surface area contributed by atoms with Gasteiger partial charge in [-0.15, -0.1) is 0 Å². The van der Waals surface area contributed by atoms with Crippen molar-refractivity contribution in [2.45, 2.75) is 44.9 Å². The monoisotopic (exact) mass is 341 g/mol. The highest BCUT2D eigenvalue weighted by atomic mass is 16.5. The zero-order chi connectivity index (χ0) is 17.9. The molecule has 0 heterocycles. The Labute approximate surface area is 149 Å². The molecule has 1 aliphatic rings. The Kier molecular flexibility index (Phi) is 5.30. The van der Waals surface area contributed by atoms with Gasteiger partial charge in [-0.1, -0.05) is 30.3 Å². The van der Waals surface area contributed by atoms with E-state index in [1.165, 1.54) is 11.1 Å². The molecule has 0 radical (unpaired) electrons. The van der Waals surface area contributed by atoms with Crippen molar-refractivity contribution in [3.63, 3.8) is 0 Å². The number of aryl methyl sites for hydroxylation is 1. The Morgan fingerprint density at radius 1 is 1.16 bits per heavy atom. The van der Waals surface area contributed by atoms with Crippen LogP contribution in [0, 0.1) is 0 Å². The van der Waals surface area contributed by atoms with Gasteiger partial charge in [0.2, 0.25) is 0 Å². The highest BCUT2D eigenvalue weighted by Gasteiger charge is 2.37. The van der Waals surface area contributed by atoms with E-state index in [-0.39, 0.29) is 18.2 Å². The summed E-state index contributed by atoms with van der Waals surface area (Å²) in [6.45, 7) is 4.75. The van der Waals surface area contributed by atoms with Gasteiger partial charge in [0.1, 0.15) is 0 Å². The van der Waals surface area contributed by atoms with Crippen molar-refractivity contribution in [3.05, 3.63) is 59.2 Å². The summed E-state index contributed by atoms with van der Waals surface area (Å²) in [4.78, 5) is 0. The minimum atomic E-state index is -0.364. The standard InChI is InChI=1S/C21H27NO3/c1-15(2)25-19-9-8-16(12-20(19)24-3)13-22-21(14-23)11-10-17-6-4-5-7-18(17)21/h4-9,12,15,22-23H,10-11,13-14H2,1-3H3. The lowest BCUT2D eigenvalue weighted by molar-refractivity contribution is 0.158. The Balaban J connectivity index is 1.77. The van der Waals surface area contributed by atoms with E-state index in [0.717, 1.165) is 29.9 Å². The number of fused-ring (bicyclic) bond motifs is 1. The van der Waals surface area contributed by atoms with E-state index in [4.69, 9.17) is 9.47 Å². The summed E-state index contributed by atoms with van der Waals surface area (Å²) in [5.74, 6) is 1.49. The van der Waals surface area contributed by atoms with Gasteiger partial charge in [0.05, 0.1) is 25.4 Å². The lowest BCUT2D eigenvalue weighted by Crippen LogP contribution is -2.43. The summed E-state index contributed by atoms with van der Waals surface area (Å²) in [5.41, 5.74) is 3.27. The molecule has 25 heavy (non-hydrogen) atoms. The van der Waals surface area contributed by atoms with Crippen LogP contribution >= 0.6 is 0 Å². The highest BCUT2D eigenvalue weighted by molar-refractivity contribution is 5.43. The van der Waals surface area contributed by atoms with Gasteiger partial charge in [-0.05, 0) is 55.5 Å². The average Bonchev–Trinajstić information content (AvgIpc) is 3.00. The molecule has 0 spiro atoms. The Morgan fingerprint density at radius 3 is 2.68 bits per heavy atom. The van der Waals surface area contributed by atoms with Crippen LogP contribution in [0.2, 0.25) is 0 Å². The normalized spacial score (nSPS) is 19.1. The Hall–Kier alpha value is -2.04. The van der Waals surface area contributed by atoms with Crippen molar-refractivity contribution in [2.24, 2.45) is 0 Å². The van der Waals surface area contributed by atoms with Gasteiger partial charge in [0.25, 0.3) is 0 Å². The molecule has 2 aromatic rings. The summed E-state index contributed by atoms with van der Waals surface area (Å²) in [6, 6.07) is 14.4. The smallest absolute Gasteiger partial charge is 0.161 e. The summed E-state index contributed by atoms with van der Waals surface area (Å²) >= 11 is 0. The Bertz CT molecular complexity index is 729. The van der Waals surface area contributed by atoms with Crippen LogP contribution in [0.1, 0.15) is 37.0 Å². The van der Waals surface area contributed by atoms with Crippen molar-refractivity contribution in [1.82, 2.24) is 5.32 Å². The van der Waals surface area contributed by atoms with Gasteiger partial charge in [0.15, 0.2) is 11.5 Å². The van der Waals surface area contributed by atoms with Gasteiger partial charge in [-0.3, -0.25) is 0 Å². The first-order valence-corrected chi connectivity index (χ1v) is 8.86. The number of ether oxygens (including phenoxy) is 2. The van der Waals surface area contributed by atoms with Crippen molar-refractivity contribution < 1.29 is 14.6 Å². The number of hydrogen-bond acceptors (Lipinski definition) is 4. The van der Waals surface area contributed by atoms with Crippen LogP contribution in [0.3, 0.4) is 0 Å². The number of benzene rings is 2. The van der Waals surface area contributed by atoms with Gasteiger partial charge in [-0.25, -0.2) is 0 Å². The molecule has 1 atom stereocenters. The molecule has 2 aromatic carbocycles. The van der Waals surface area contributed by atoms with E-state index in [0.29, 0.717) is 6.54 Å². The molecule has 0 bridgehead atoms. The predicted octanol–water partition coefficient (Wildman–Crippen LogP) is 3.41. The second-order valence-corrected chi connectivity index (χ2v) is 6.90. The van der Waals surface area contributed by atoms with Gasteiger partial charge in [-0.2, -0.15) is 0 Å². The average molecular weight is 341 g/mol. The summed E-state index contributed by atoms with van der Waals surface area (Å²) < 4.78 is 11.2. The number of hydrogen-bond donors (Lipinski definition) is 2. The largest absolute Gasteiger partial charge is 0.493 e. The van der Waals surface area contributed by atoms with Crippen molar-refractivity contribution in [1.29, 1.82) is 0 Å². The van der Waals surface area contributed by atoms with Crippen LogP contribution < -0.4 is 14.8 Å². The maximum absolute atomic E-state index is 10.1. The zero-order valence-electron chi connectivity index (χ0n) is 15.2. The molecule has 4 nitrogen and oxygen atoms in total. The molecule has 134 valence electrons. The molecule has 0 saturated heterocycles. The number of methoxy groups -OCH3 is 1. The quantitative estimate of drug-likeness (QED) is 0.810. The number of aliphatic hydroxyl groups is 1. The third kappa shape index (κ3) is 3.65. The minimum absolute atomic E-state index is 0.0929. The third-order valence-electron chi connectivity index (χ3n) is 4.85. The molecule has 0 aromatic heterocycles. The topological polar surface area (TPSA) is 50.7 Å². The first-order chi connectivity index (χ1) is 12.1. The third-order valence-corrected chi connectivity index (χ3v) is 4.85. The van der Waals surface area contributed by atoms with Crippen molar-refractivity contribution in [2.75, 3.05) is 13.7 Å².